The Hall–Kier alpha value is -3.16. The Balaban J connectivity index is 1.44. The van der Waals surface area contributed by atoms with Gasteiger partial charge < -0.3 is 9.64 Å². The van der Waals surface area contributed by atoms with Crippen LogP contribution in [0.3, 0.4) is 0 Å². The van der Waals surface area contributed by atoms with E-state index >= 15 is 0 Å². The van der Waals surface area contributed by atoms with E-state index in [9.17, 15) is 13.2 Å². The second-order valence-corrected chi connectivity index (χ2v) is 10.5. The molecule has 7 heteroatoms. The smallest absolute Gasteiger partial charge is 0.243 e. The first-order chi connectivity index (χ1) is 16.5. The number of methoxy groups -OCH3 is 1. The average molecular weight is 479 g/mol. The number of benzene rings is 3. The van der Waals surface area contributed by atoms with Gasteiger partial charge in [0, 0.05) is 32.1 Å². The summed E-state index contributed by atoms with van der Waals surface area (Å²) in [4.78, 5) is 15.7. The molecule has 0 aromatic heterocycles. The van der Waals surface area contributed by atoms with Crippen molar-refractivity contribution in [2.45, 2.75) is 30.8 Å². The van der Waals surface area contributed by atoms with Gasteiger partial charge in [0.25, 0.3) is 0 Å². The highest BCUT2D eigenvalue weighted by Gasteiger charge is 2.34. The number of carbonyl (C=O) groups excluding carboxylic acids is 1. The molecule has 0 bridgehead atoms. The summed E-state index contributed by atoms with van der Waals surface area (Å²) in [6.45, 7) is 1.71. The molecule has 0 radical (unpaired) electrons. The predicted octanol–water partition coefficient (Wildman–Crippen LogP) is 4.32. The zero-order valence-corrected chi connectivity index (χ0v) is 20.2. The summed E-state index contributed by atoms with van der Waals surface area (Å²) in [5, 5.41) is 0. The summed E-state index contributed by atoms with van der Waals surface area (Å²) in [6, 6.07) is 26.3. The molecule has 3 aromatic carbocycles. The van der Waals surface area contributed by atoms with E-state index in [4.69, 9.17) is 4.74 Å². The van der Waals surface area contributed by atoms with E-state index in [0.717, 1.165) is 11.1 Å². The Labute approximate surface area is 201 Å². The van der Waals surface area contributed by atoms with Gasteiger partial charge in [-0.3, -0.25) is 4.79 Å². The molecular weight excluding hydrogens is 448 g/mol. The van der Waals surface area contributed by atoms with Crippen molar-refractivity contribution in [2.75, 3.05) is 20.2 Å². The topological polar surface area (TPSA) is 66.9 Å². The maximum absolute atomic E-state index is 13.5. The predicted molar refractivity (Wildman–Crippen MR) is 132 cm³/mol. The third-order valence-corrected chi connectivity index (χ3v) is 8.16. The molecule has 6 nitrogen and oxygen atoms in total. The van der Waals surface area contributed by atoms with E-state index in [1.807, 2.05) is 65.6 Å². The standard InChI is InChI=1S/C27H30N2O4S/c1-33-25-12-14-26(15-13-25)34(31,32)29-18-16-24(17-19-29)27(30)28(20-22-8-4-2-5-9-22)21-23-10-6-3-7-11-23/h2-15,24H,16-21H2,1H3. The Morgan fingerprint density at radius 3 is 1.82 bits per heavy atom. The van der Waals surface area contributed by atoms with Crippen molar-refractivity contribution in [1.29, 1.82) is 0 Å². The highest BCUT2D eigenvalue weighted by Crippen LogP contribution is 2.27. The largest absolute Gasteiger partial charge is 0.497 e. The van der Waals surface area contributed by atoms with Gasteiger partial charge >= 0.3 is 0 Å². The number of nitrogens with zero attached hydrogens (tertiary/aromatic N) is 2. The minimum absolute atomic E-state index is 0.0780. The van der Waals surface area contributed by atoms with Crippen molar-refractivity contribution in [2.24, 2.45) is 5.92 Å². The molecule has 0 N–H and O–H groups in total. The molecule has 1 aliphatic heterocycles. The third-order valence-electron chi connectivity index (χ3n) is 6.24. The van der Waals surface area contributed by atoms with Crippen LogP contribution in [0.4, 0.5) is 0 Å². The molecule has 1 aliphatic rings. The van der Waals surface area contributed by atoms with E-state index in [-0.39, 0.29) is 16.7 Å². The first-order valence-corrected chi connectivity index (χ1v) is 12.9. The summed E-state index contributed by atoms with van der Waals surface area (Å²) in [5.74, 6) is 0.490. The minimum Gasteiger partial charge on any atom is -0.497 e. The molecule has 1 heterocycles. The van der Waals surface area contributed by atoms with Crippen molar-refractivity contribution < 1.29 is 17.9 Å². The lowest BCUT2D eigenvalue weighted by Crippen LogP contribution is -2.44. The number of sulfonamides is 1. The lowest BCUT2D eigenvalue weighted by Gasteiger charge is -2.34. The van der Waals surface area contributed by atoms with Gasteiger partial charge in [0.05, 0.1) is 12.0 Å². The van der Waals surface area contributed by atoms with Crippen LogP contribution in [0.2, 0.25) is 0 Å². The molecule has 0 saturated carbocycles. The van der Waals surface area contributed by atoms with Crippen molar-refractivity contribution in [1.82, 2.24) is 9.21 Å². The summed E-state index contributed by atoms with van der Waals surface area (Å²) in [5.41, 5.74) is 2.15. The van der Waals surface area contributed by atoms with E-state index in [1.165, 1.54) is 4.31 Å². The van der Waals surface area contributed by atoms with Crippen LogP contribution in [0.25, 0.3) is 0 Å². The van der Waals surface area contributed by atoms with Gasteiger partial charge in [-0.2, -0.15) is 4.31 Å². The van der Waals surface area contributed by atoms with Crippen LogP contribution >= 0.6 is 0 Å². The second kappa shape index (κ2) is 10.8. The lowest BCUT2D eigenvalue weighted by atomic mass is 9.96. The van der Waals surface area contributed by atoms with Crippen molar-refractivity contribution in [3.63, 3.8) is 0 Å². The summed E-state index contributed by atoms with van der Waals surface area (Å²) >= 11 is 0. The van der Waals surface area contributed by atoms with Crippen molar-refractivity contribution in [3.05, 3.63) is 96.1 Å². The number of rotatable bonds is 8. The molecule has 0 unspecified atom stereocenters. The van der Waals surface area contributed by atoms with Gasteiger partial charge in [-0.1, -0.05) is 60.7 Å². The zero-order chi connectivity index (χ0) is 24.0. The molecule has 1 saturated heterocycles. The van der Waals surface area contributed by atoms with Gasteiger partial charge in [0.15, 0.2) is 0 Å². The van der Waals surface area contributed by atoms with Crippen molar-refractivity contribution >= 4 is 15.9 Å². The Morgan fingerprint density at radius 2 is 1.35 bits per heavy atom. The Bertz CT molecular complexity index is 1130. The summed E-state index contributed by atoms with van der Waals surface area (Å²) < 4.78 is 32.7. The third kappa shape index (κ3) is 5.66. The van der Waals surface area contributed by atoms with Gasteiger partial charge in [-0.25, -0.2) is 8.42 Å². The van der Waals surface area contributed by atoms with Crippen LogP contribution in [0.1, 0.15) is 24.0 Å². The quantitative estimate of drug-likeness (QED) is 0.484. The fraction of sp³-hybridized carbons (Fsp3) is 0.296. The van der Waals surface area contributed by atoms with Gasteiger partial charge in [-0.05, 0) is 48.2 Å². The number of amides is 1. The highest BCUT2D eigenvalue weighted by atomic mass is 32.2. The average Bonchev–Trinajstić information content (AvgIpc) is 2.89. The molecule has 1 fully saturated rings. The number of piperidine rings is 1. The van der Waals surface area contributed by atoms with Crippen LogP contribution in [0, 0.1) is 5.92 Å². The number of hydrogen-bond acceptors (Lipinski definition) is 4. The maximum Gasteiger partial charge on any atom is 0.243 e. The number of ether oxygens (including phenoxy) is 1. The van der Waals surface area contributed by atoms with E-state index in [1.54, 1.807) is 31.4 Å². The van der Waals surface area contributed by atoms with Crippen LogP contribution in [0.15, 0.2) is 89.8 Å². The molecule has 0 spiro atoms. The first-order valence-electron chi connectivity index (χ1n) is 11.5. The van der Waals surface area contributed by atoms with Gasteiger partial charge in [0.2, 0.25) is 15.9 Å². The monoisotopic (exact) mass is 478 g/mol. The molecule has 178 valence electrons. The number of carbonyl (C=O) groups is 1. The maximum atomic E-state index is 13.5. The molecule has 3 aromatic rings. The van der Waals surface area contributed by atoms with Gasteiger partial charge in [0.1, 0.15) is 5.75 Å². The fourth-order valence-electron chi connectivity index (χ4n) is 4.32. The minimum atomic E-state index is -3.60. The fourth-order valence-corrected chi connectivity index (χ4v) is 5.79. The lowest BCUT2D eigenvalue weighted by molar-refractivity contribution is -0.138. The first kappa shape index (κ1) is 24.0. The summed E-state index contributed by atoms with van der Waals surface area (Å²) in [7, 11) is -2.05. The molecule has 4 rings (SSSR count). The Kier molecular flexibility index (Phi) is 7.65. The van der Waals surface area contributed by atoms with Crippen LogP contribution in [0.5, 0.6) is 5.75 Å². The van der Waals surface area contributed by atoms with Crippen LogP contribution < -0.4 is 4.74 Å². The van der Waals surface area contributed by atoms with Crippen molar-refractivity contribution in [3.8, 4) is 5.75 Å². The molecule has 1 amide bonds. The van der Waals surface area contributed by atoms with Crippen LogP contribution in [-0.4, -0.2) is 43.7 Å². The van der Waals surface area contributed by atoms with Crippen LogP contribution in [-0.2, 0) is 27.9 Å². The van der Waals surface area contributed by atoms with E-state index in [2.05, 4.69) is 0 Å². The summed E-state index contributed by atoms with van der Waals surface area (Å²) in [6.07, 6.45) is 1.02. The number of hydrogen-bond donors (Lipinski definition) is 0. The van der Waals surface area contributed by atoms with Gasteiger partial charge in [-0.15, -0.1) is 0 Å². The molecular formula is C27H30N2O4S. The van der Waals surface area contributed by atoms with E-state index < -0.39 is 10.0 Å². The molecule has 0 atom stereocenters. The normalized spacial score (nSPS) is 15.1. The second-order valence-electron chi connectivity index (χ2n) is 8.52. The molecule has 34 heavy (non-hydrogen) atoms. The van der Waals surface area contributed by atoms with E-state index in [0.29, 0.717) is 44.8 Å². The molecule has 0 aliphatic carbocycles. The zero-order valence-electron chi connectivity index (χ0n) is 19.3. The Morgan fingerprint density at radius 1 is 0.853 bits per heavy atom. The highest BCUT2D eigenvalue weighted by molar-refractivity contribution is 7.89. The SMILES string of the molecule is COc1ccc(S(=O)(=O)N2CCC(C(=O)N(Cc3ccccc3)Cc3ccccc3)CC2)cc1.